The van der Waals surface area contributed by atoms with Crippen LogP contribution in [0, 0.1) is 0 Å². The van der Waals surface area contributed by atoms with Crippen LogP contribution in [0.4, 0.5) is 0 Å². The van der Waals surface area contributed by atoms with E-state index in [1.165, 1.54) is 0 Å². The Morgan fingerprint density at radius 2 is 2.21 bits per heavy atom. The number of aromatic hydroxyl groups is 1. The van der Waals surface area contributed by atoms with Gasteiger partial charge in [0.2, 0.25) is 0 Å². The molecule has 2 rings (SSSR count). The Hall–Kier alpha value is -0.670. The minimum Gasteiger partial charge on any atom is -0.508 e. The maximum atomic E-state index is 9.74. The van der Waals surface area contributed by atoms with E-state index in [9.17, 15) is 5.11 Å². The van der Waals surface area contributed by atoms with Gasteiger partial charge in [0.05, 0.1) is 0 Å². The van der Waals surface area contributed by atoms with Crippen LogP contribution < -0.4 is 5.73 Å². The van der Waals surface area contributed by atoms with Crippen LogP contribution in [0.3, 0.4) is 0 Å². The molecule has 0 radical (unpaired) electrons. The second kappa shape index (κ2) is 3.48. The summed E-state index contributed by atoms with van der Waals surface area (Å²) < 4.78 is 0. The van der Waals surface area contributed by atoms with Gasteiger partial charge in [0, 0.05) is 10.4 Å². The lowest BCUT2D eigenvalue weighted by molar-refractivity contribution is 0.462. The van der Waals surface area contributed by atoms with E-state index in [2.05, 4.69) is 0 Å². The Kier molecular flexibility index (Phi) is 2.45. The molecule has 76 valence electrons. The average Bonchev–Trinajstić information content (AvgIpc) is 2.88. The molecule has 0 saturated heterocycles. The zero-order valence-electron chi connectivity index (χ0n) is 8.29. The van der Waals surface area contributed by atoms with Gasteiger partial charge in [0.25, 0.3) is 0 Å². The van der Waals surface area contributed by atoms with Crippen molar-refractivity contribution < 1.29 is 5.11 Å². The first-order chi connectivity index (χ1) is 6.63. The third-order valence-electron chi connectivity index (χ3n) is 2.73. The van der Waals surface area contributed by atoms with Crippen LogP contribution in [0.25, 0.3) is 0 Å². The summed E-state index contributed by atoms with van der Waals surface area (Å²) in [7, 11) is 0. The van der Waals surface area contributed by atoms with Crippen LogP contribution in [0.15, 0.2) is 23.1 Å². The molecule has 1 saturated carbocycles. The lowest BCUT2D eigenvalue weighted by Crippen LogP contribution is -2.24. The monoisotopic (exact) mass is 209 g/mol. The zero-order chi connectivity index (χ0) is 10.2. The number of hydrogen-bond donors (Lipinski definition) is 2. The van der Waals surface area contributed by atoms with Gasteiger partial charge >= 0.3 is 0 Å². The zero-order valence-corrected chi connectivity index (χ0v) is 9.10. The summed E-state index contributed by atoms with van der Waals surface area (Å²) in [6.45, 7) is 0. The molecule has 0 unspecified atom stereocenters. The Balaban J connectivity index is 2.17. The normalized spacial score (nSPS) is 18.1. The first-order valence-electron chi connectivity index (χ1n) is 4.78. The van der Waals surface area contributed by atoms with Crippen LogP contribution in [0.2, 0.25) is 0 Å². The van der Waals surface area contributed by atoms with E-state index >= 15 is 0 Å². The van der Waals surface area contributed by atoms with Crippen molar-refractivity contribution in [3.05, 3.63) is 23.8 Å². The fraction of sp³-hybridized carbons (Fsp3) is 0.455. The molecule has 1 aliphatic rings. The van der Waals surface area contributed by atoms with Gasteiger partial charge in [-0.05, 0) is 43.2 Å². The van der Waals surface area contributed by atoms with E-state index in [0.717, 1.165) is 29.7 Å². The number of thioether (sulfide) groups is 1. The summed E-state index contributed by atoms with van der Waals surface area (Å²) in [6, 6.07) is 5.82. The van der Waals surface area contributed by atoms with Gasteiger partial charge in [-0.3, -0.25) is 0 Å². The number of nitrogens with two attached hydrogens (primary N) is 1. The Morgan fingerprint density at radius 3 is 2.71 bits per heavy atom. The molecule has 1 aliphatic carbocycles. The Morgan fingerprint density at radius 1 is 1.50 bits per heavy atom. The highest BCUT2D eigenvalue weighted by Crippen LogP contribution is 2.38. The molecule has 0 bridgehead atoms. The molecular weight excluding hydrogens is 194 g/mol. The summed E-state index contributed by atoms with van der Waals surface area (Å²) in [4.78, 5) is 1.09. The van der Waals surface area contributed by atoms with Crippen molar-refractivity contribution in [1.82, 2.24) is 0 Å². The quantitative estimate of drug-likeness (QED) is 0.750. The van der Waals surface area contributed by atoms with Crippen molar-refractivity contribution in [2.45, 2.75) is 29.7 Å². The van der Waals surface area contributed by atoms with Crippen molar-refractivity contribution in [2.24, 2.45) is 5.73 Å². The van der Waals surface area contributed by atoms with Gasteiger partial charge in [-0.25, -0.2) is 0 Å². The van der Waals surface area contributed by atoms with Crippen molar-refractivity contribution in [2.75, 3.05) is 6.26 Å². The minimum atomic E-state index is -0.0294. The second-order valence-electron chi connectivity index (χ2n) is 4.03. The van der Waals surface area contributed by atoms with E-state index in [0.29, 0.717) is 5.75 Å². The summed E-state index contributed by atoms with van der Waals surface area (Å²) in [6.07, 6.45) is 4.96. The largest absolute Gasteiger partial charge is 0.508 e. The molecule has 0 heterocycles. The molecular formula is C11H15NOS. The highest BCUT2D eigenvalue weighted by Gasteiger charge is 2.38. The van der Waals surface area contributed by atoms with E-state index in [-0.39, 0.29) is 5.54 Å². The summed E-state index contributed by atoms with van der Waals surface area (Å²) in [5.74, 6) is 0.383. The molecule has 14 heavy (non-hydrogen) atoms. The maximum absolute atomic E-state index is 9.74. The average molecular weight is 209 g/mol. The van der Waals surface area contributed by atoms with E-state index in [1.807, 2.05) is 24.5 Å². The van der Waals surface area contributed by atoms with Crippen LogP contribution in [-0.4, -0.2) is 16.9 Å². The van der Waals surface area contributed by atoms with Crippen LogP contribution >= 0.6 is 11.8 Å². The second-order valence-corrected chi connectivity index (χ2v) is 4.91. The van der Waals surface area contributed by atoms with Crippen molar-refractivity contribution >= 4 is 11.8 Å². The van der Waals surface area contributed by atoms with E-state index in [1.54, 1.807) is 11.8 Å². The molecule has 0 atom stereocenters. The van der Waals surface area contributed by atoms with Crippen LogP contribution in [0.5, 0.6) is 5.75 Å². The smallest absolute Gasteiger partial charge is 0.119 e. The van der Waals surface area contributed by atoms with Gasteiger partial charge in [-0.2, -0.15) is 0 Å². The summed E-state index contributed by atoms with van der Waals surface area (Å²) in [5.41, 5.74) is 6.95. The number of hydrogen-bond acceptors (Lipinski definition) is 3. The summed E-state index contributed by atoms with van der Waals surface area (Å²) in [5, 5.41) is 9.74. The summed E-state index contributed by atoms with van der Waals surface area (Å²) >= 11 is 1.63. The molecule has 1 aromatic rings. The number of rotatable bonds is 3. The SMILES string of the molecule is CSc1ccc(CC2(N)CC2)c(O)c1. The van der Waals surface area contributed by atoms with Gasteiger partial charge in [0.1, 0.15) is 5.75 Å². The van der Waals surface area contributed by atoms with Gasteiger partial charge < -0.3 is 10.8 Å². The van der Waals surface area contributed by atoms with Crippen LogP contribution in [0.1, 0.15) is 18.4 Å². The number of phenolic OH excluding ortho intramolecular Hbond substituents is 1. The predicted molar refractivity (Wildman–Crippen MR) is 59.7 cm³/mol. The highest BCUT2D eigenvalue weighted by atomic mass is 32.2. The Labute approximate surface area is 88.5 Å². The molecule has 0 spiro atoms. The highest BCUT2D eigenvalue weighted by molar-refractivity contribution is 7.98. The van der Waals surface area contributed by atoms with Crippen molar-refractivity contribution in [1.29, 1.82) is 0 Å². The topological polar surface area (TPSA) is 46.2 Å². The molecule has 0 aliphatic heterocycles. The predicted octanol–water partition coefficient (Wildman–Crippen LogP) is 2.15. The fourth-order valence-electron chi connectivity index (χ4n) is 1.54. The number of benzene rings is 1. The third-order valence-corrected chi connectivity index (χ3v) is 3.45. The van der Waals surface area contributed by atoms with Gasteiger partial charge in [0.15, 0.2) is 0 Å². The molecule has 1 aromatic carbocycles. The standard InChI is InChI=1S/C11H15NOS/c1-14-9-3-2-8(10(13)6-9)7-11(12)4-5-11/h2-3,6,13H,4-5,7,12H2,1H3. The molecule has 3 heteroatoms. The van der Waals surface area contributed by atoms with E-state index < -0.39 is 0 Å². The van der Waals surface area contributed by atoms with Gasteiger partial charge in [-0.1, -0.05) is 6.07 Å². The van der Waals surface area contributed by atoms with Crippen molar-refractivity contribution in [3.63, 3.8) is 0 Å². The Bertz CT molecular complexity index is 347. The first-order valence-corrected chi connectivity index (χ1v) is 6.00. The maximum Gasteiger partial charge on any atom is 0.119 e. The molecule has 0 amide bonds. The van der Waals surface area contributed by atoms with E-state index in [4.69, 9.17) is 5.73 Å². The molecule has 1 fully saturated rings. The fourth-order valence-corrected chi connectivity index (χ4v) is 1.97. The lowest BCUT2D eigenvalue weighted by Gasteiger charge is -2.10. The van der Waals surface area contributed by atoms with Crippen molar-refractivity contribution in [3.8, 4) is 5.75 Å². The first kappa shape index (κ1) is 9.87. The van der Waals surface area contributed by atoms with Crippen LogP contribution in [-0.2, 0) is 6.42 Å². The van der Waals surface area contributed by atoms with Gasteiger partial charge in [-0.15, -0.1) is 11.8 Å². The number of phenols is 1. The minimum absolute atomic E-state index is 0.0294. The molecule has 3 N–H and O–H groups in total. The lowest BCUT2D eigenvalue weighted by atomic mass is 10.0. The molecule has 0 aromatic heterocycles. The third kappa shape index (κ3) is 2.04. The molecule has 2 nitrogen and oxygen atoms in total.